The van der Waals surface area contributed by atoms with E-state index in [-0.39, 0.29) is 6.61 Å². The van der Waals surface area contributed by atoms with Crippen LogP contribution < -0.4 is 4.74 Å². The number of rotatable bonds is 3. The molecule has 0 aliphatic carbocycles. The Hall–Kier alpha value is -1.39. The lowest BCUT2D eigenvalue weighted by molar-refractivity contribution is 0.276. The Balaban J connectivity index is 2.32. The minimum absolute atomic E-state index is 0.0867. The van der Waals surface area contributed by atoms with E-state index in [1.54, 1.807) is 6.20 Å². The van der Waals surface area contributed by atoms with Crippen molar-refractivity contribution in [2.45, 2.75) is 13.5 Å². The highest BCUT2D eigenvalue weighted by atomic mass is 79.9. The van der Waals surface area contributed by atoms with Gasteiger partial charge in [-0.15, -0.1) is 0 Å². The maximum atomic E-state index is 9.21. The van der Waals surface area contributed by atoms with Crippen molar-refractivity contribution in [3.8, 4) is 11.5 Å². The molecule has 1 aromatic heterocycles. The standard InChI is InChI=1S/C13H12BrNO2/c1-9-5-13(10(8-16)7-15-9)17-12-4-2-3-11(14)6-12/h2-7,16H,8H2,1H3. The molecule has 0 radical (unpaired) electrons. The van der Waals surface area contributed by atoms with Gasteiger partial charge in [-0.3, -0.25) is 4.98 Å². The molecule has 4 heteroatoms. The van der Waals surface area contributed by atoms with Crippen LogP contribution in [0.25, 0.3) is 0 Å². The Labute approximate surface area is 108 Å². The van der Waals surface area contributed by atoms with E-state index in [0.29, 0.717) is 11.3 Å². The lowest BCUT2D eigenvalue weighted by Gasteiger charge is -2.10. The normalized spacial score (nSPS) is 10.3. The molecule has 0 spiro atoms. The fraction of sp³-hybridized carbons (Fsp3) is 0.154. The maximum Gasteiger partial charge on any atom is 0.136 e. The lowest BCUT2D eigenvalue weighted by Crippen LogP contribution is -1.94. The predicted octanol–water partition coefficient (Wildman–Crippen LogP) is 3.44. The summed E-state index contributed by atoms with van der Waals surface area (Å²) in [4.78, 5) is 4.12. The Morgan fingerprint density at radius 1 is 1.35 bits per heavy atom. The Kier molecular flexibility index (Phi) is 3.76. The lowest BCUT2D eigenvalue weighted by atomic mass is 10.2. The van der Waals surface area contributed by atoms with Gasteiger partial charge in [0.1, 0.15) is 11.5 Å². The third kappa shape index (κ3) is 3.05. The number of hydrogen-bond acceptors (Lipinski definition) is 3. The molecule has 1 N–H and O–H groups in total. The molecule has 3 nitrogen and oxygen atoms in total. The smallest absolute Gasteiger partial charge is 0.136 e. The summed E-state index contributed by atoms with van der Waals surface area (Å²) >= 11 is 3.38. The summed E-state index contributed by atoms with van der Waals surface area (Å²) in [6.45, 7) is 1.80. The Morgan fingerprint density at radius 2 is 2.18 bits per heavy atom. The number of halogens is 1. The third-order valence-electron chi connectivity index (χ3n) is 2.27. The number of benzene rings is 1. The van der Waals surface area contributed by atoms with Gasteiger partial charge >= 0.3 is 0 Å². The summed E-state index contributed by atoms with van der Waals surface area (Å²) in [7, 11) is 0. The van der Waals surface area contributed by atoms with Crippen LogP contribution in [0, 0.1) is 6.92 Å². The average Bonchev–Trinajstić information content (AvgIpc) is 2.29. The molecule has 1 aromatic carbocycles. The number of aliphatic hydroxyl groups is 1. The number of aliphatic hydroxyl groups excluding tert-OH is 1. The van der Waals surface area contributed by atoms with Crippen LogP contribution in [-0.4, -0.2) is 10.1 Å². The molecule has 0 unspecified atom stereocenters. The number of nitrogens with zero attached hydrogens (tertiary/aromatic N) is 1. The van der Waals surface area contributed by atoms with Gasteiger partial charge in [-0.25, -0.2) is 0 Å². The van der Waals surface area contributed by atoms with Gasteiger partial charge in [-0.2, -0.15) is 0 Å². The van der Waals surface area contributed by atoms with Gasteiger partial charge in [0.25, 0.3) is 0 Å². The van der Waals surface area contributed by atoms with Crippen molar-refractivity contribution in [2.75, 3.05) is 0 Å². The average molecular weight is 294 g/mol. The number of hydrogen-bond donors (Lipinski definition) is 1. The predicted molar refractivity (Wildman–Crippen MR) is 69.1 cm³/mol. The van der Waals surface area contributed by atoms with Crippen LogP contribution in [0.3, 0.4) is 0 Å². The van der Waals surface area contributed by atoms with Crippen LogP contribution in [0.1, 0.15) is 11.3 Å². The van der Waals surface area contributed by atoms with E-state index in [1.807, 2.05) is 37.3 Å². The van der Waals surface area contributed by atoms with Gasteiger partial charge in [0.15, 0.2) is 0 Å². The summed E-state index contributed by atoms with van der Waals surface area (Å²) < 4.78 is 6.68. The first kappa shape index (κ1) is 12.1. The first-order valence-electron chi connectivity index (χ1n) is 5.19. The van der Waals surface area contributed by atoms with Crippen molar-refractivity contribution in [1.82, 2.24) is 4.98 Å². The van der Waals surface area contributed by atoms with Crippen molar-refractivity contribution >= 4 is 15.9 Å². The molecule has 1 heterocycles. The number of aromatic nitrogens is 1. The summed E-state index contributed by atoms with van der Waals surface area (Å²) in [5, 5.41) is 9.21. The minimum atomic E-state index is -0.0867. The summed E-state index contributed by atoms with van der Waals surface area (Å²) in [5.41, 5.74) is 1.53. The zero-order chi connectivity index (χ0) is 12.3. The SMILES string of the molecule is Cc1cc(Oc2cccc(Br)c2)c(CO)cn1. The number of pyridine rings is 1. The molecule has 0 atom stereocenters. The molecule has 0 aliphatic rings. The van der Waals surface area contributed by atoms with E-state index in [1.165, 1.54) is 0 Å². The molecule has 0 fully saturated rings. The molecular weight excluding hydrogens is 282 g/mol. The van der Waals surface area contributed by atoms with E-state index in [4.69, 9.17) is 4.74 Å². The van der Waals surface area contributed by atoms with E-state index in [0.717, 1.165) is 15.9 Å². The van der Waals surface area contributed by atoms with Crippen molar-refractivity contribution < 1.29 is 9.84 Å². The second-order valence-electron chi connectivity index (χ2n) is 3.65. The fourth-order valence-corrected chi connectivity index (χ4v) is 1.81. The van der Waals surface area contributed by atoms with Crippen molar-refractivity contribution in [2.24, 2.45) is 0 Å². The zero-order valence-corrected chi connectivity index (χ0v) is 10.9. The monoisotopic (exact) mass is 293 g/mol. The number of ether oxygens (including phenoxy) is 1. The second kappa shape index (κ2) is 5.29. The van der Waals surface area contributed by atoms with Gasteiger partial charge in [0.05, 0.1) is 6.61 Å². The molecule has 0 aliphatic heterocycles. The topological polar surface area (TPSA) is 42.4 Å². The number of aryl methyl sites for hydroxylation is 1. The van der Waals surface area contributed by atoms with Crippen LogP contribution in [0.2, 0.25) is 0 Å². The molecule has 2 rings (SSSR count). The van der Waals surface area contributed by atoms with E-state index in [2.05, 4.69) is 20.9 Å². The van der Waals surface area contributed by atoms with Crippen LogP contribution in [0.4, 0.5) is 0 Å². The quantitative estimate of drug-likeness (QED) is 0.943. The summed E-state index contributed by atoms with van der Waals surface area (Å²) in [6, 6.07) is 9.37. The molecule has 0 saturated carbocycles. The van der Waals surface area contributed by atoms with Crippen LogP contribution in [-0.2, 0) is 6.61 Å². The highest BCUT2D eigenvalue weighted by molar-refractivity contribution is 9.10. The van der Waals surface area contributed by atoms with E-state index < -0.39 is 0 Å². The van der Waals surface area contributed by atoms with Crippen LogP contribution >= 0.6 is 15.9 Å². The van der Waals surface area contributed by atoms with Gasteiger partial charge < -0.3 is 9.84 Å². The van der Waals surface area contributed by atoms with Crippen LogP contribution in [0.5, 0.6) is 11.5 Å². The molecule has 2 aromatic rings. The first-order valence-corrected chi connectivity index (χ1v) is 5.98. The van der Waals surface area contributed by atoms with E-state index >= 15 is 0 Å². The Morgan fingerprint density at radius 3 is 2.88 bits per heavy atom. The van der Waals surface area contributed by atoms with Crippen molar-refractivity contribution in [3.05, 3.63) is 52.3 Å². The Bertz CT molecular complexity index is 529. The van der Waals surface area contributed by atoms with Crippen LogP contribution in [0.15, 0.2) is 41.0 Å². The van der Waals surface area contributed by atoms with Gasteiger partial charge in [-0.05, 0) is 25.1 Å². The molecule has 0 amide bonds. The third-order valence-corrected chi connectivity index (χ3v) is 2.77. The summed E-state index contributed by atoms with van der Waals surface area (Å²) in [6.07, 6.45) is 1.63. The fourth-order valence-electron chi connectivity index (χ4n) is 1.43. The minimum Gasteiger partial charge on any atom is -0.457 e. The zero-order valence-electron chi connectivity index (χ0n) is 9.35. The second-order valence-corrected chi connectivity index (χ2v) is 4.57. The highest BCUT2D eigenvalue weighted by Crippen LogP contribution is 2.27. The molecule has 17 heavy (non-hydrogen) atoms. The largest absolute Gasteiger partial charge is 0.457 e. The van der Waals surface area contributed by atoms with Gasteiger partial charge in [0, 0.05) is 28.0 Å². The highest BCUT2D eigenvalue weighted by Gasteiger charge is 2.05. The molecule has 0 bridgehead atoms. The first-order chi connectivity index (χ1) is 8.19. The molecule has 88 valence electrons. The molecular formula is C13H12BrNO2. The molecule has 0 saturated heterocycles. The van der Waals surface area contributed by atoms with Gasteiger partial charge in [0.2, 0.25) is 0 Å². The van der Waals surface area contributed by atoms with E-state index in [9.17, 15) is 5.11 Å². The van der Waals surface area contributed by atoms with Crippen molar-refractivity contribution in [1.29, 1.82) is 0 Å². The summed E-state index contributed by atoms with van der Waals surface area (Å²) in [5.74, 6) is 1.36. The van der Waals surface area contributed by atoms with Gasteiger partial charge in [-0.1, -0.05) is 22.0 Å². The van der Waals surface area contributed by atoms with Crippen molar-refractivity contribution in [3.63, 3.8) is 0 Å². The maximum absolute atomic E-state index is 9.21.